The number of carbonyl (C=O) groups is 3. The van der Waals surface area contributed by atoms with Gasteiger partial charge in [-0.2, -0.15) is 0 Å². The molecular weight excluding hydrogens is 353 g/mol. The summed E-state index contributed by atoms with van der Waals surface area (Å²) in [6.45, 7) is 1.19. The van der Waals surface area contributed by atoms with Gasteiger partial charge in [0.15, 0.2) is 19.0 Å². The maximum Gasteiger partial charge on any atom is 0.344 e. The van der Waals surface area contributed by atoms with Gasteiger partial charge in [-0.25, -0.2) is 9.18 Å². The number of ether oxygens (including phenoxy) is 2. The zero-order valence-corrected chi connectivity index (χ0v) is 14.9. The van der Waals surface area contributed by atoms with Crippen LogP contribution in [0.4, 0.5) is 4.39 Å². The van der Waals surface area contributed by atoms with Gasteiger partial charge in [-0.15, -0.1) is 0 Å². The third kappa shape index (κ3) is 6.89. The van der Waals surface area contributed by atoms with E-state index in [1.807, 2.05) is 0 Å². The number of benzene rings is 2. The van der Waals surface area contributed by atoms with Crippen LogP contribution in [0.5, 0.6) is 5.75 Å². The van der Waals surface area contributed by atoms with E-state index in [9.17, 15) is 18.8 Å². The standard InChI is InChI=1S/C20H20FNO5/c1-2-18(23)15-5-9-17(10-6-15)26-13-20(25)27-12-19(24)22-11-14-3-7-16(21)8-4-14/h3-10H,2,11-13H2,1H3,(H,22,24). The minimum atomic E-state index is -0.694. The molecule has 0 saturated heterocycles. The number of rotatable bonds is 9. The molecule has 0 saturated carbocycles. The number of Topliss-reactive ketones (excluding diaryl/α,β-unsaturated/α-hetero) is 1. The Hall–Kier alpha value is -3.22. The van der Waals surface area contributed by atoms with Crippen LogP contribution in [0.3, 0.4) is 0 Å². The van der Waals surface area contributed by atoms with Gasteiger partial charge >= 0.3 is 5.97 Å². The molecule has 0 aliphatic heterocycles. The summed E-state index contributed by atoms with van der Waals surface area (Å²) in [7, 11) is 0. The zero-order valence-electron chi connectivity index (χ0n) is 14.9. The van der Waals surface area contributed by atoms with Gasteiger partial charge in [0.2, 0.25) is 0 Å². The van der Waals surface area contributed by atoms with Gasteiger partial charge in [0.1, 0.15) is 11.6 Å². The predicted molar refractivity (Wildman–Crippen MR) is 95.8 cm³/mol. The van der Waals surface area contributed by atoms with Crippen LogP contribution in [0.15, 0.2) is 48.5 Å². The van der Waals surface area contributed by atoms with Crippen LogP contribution in [0.1, 0.15) is 29.3 Å². The summed E-state index contributed by atoms with van der Waals surface area (Å²) < 4.78 is 22.9. The Morgan fingerprint density at radius 3 is 2.26 bits per heavy atom. The molecule has 2 aromatic rings. The van der Waals surface area contributed by atoms with E-state index in [1.54, 1.807) is 43.3 Å². The second kappa shape index (κ2) is 10.1. The predicted octanol–water partition coefficient (Wildman–Crippen LogP) is 2.66. The highest BCUT2D eigenvalue weighted by Crippen LogP contribution is 2.13. The second-order valence-electron chi connectivity index (χ2n) is 5.65. The van der Waals surface area contributed by atoms with Crippen LogP contribution >= 0.6 is 0 Å². The third-order valence-electron chi connectivity index (χ3n) is 3.62. The lowest BCUT2D eigenvalue weighted by Crippen LogP contribution is -2.29. The van der Waals surface area contributed by atoms with Crippen LogP contribution in [-0.2, 0) is 20.9 Å². The SMILES string of the molecule is CCC(=O)c1ccc(OCC(=O)OCC(=O)NCc2ccc(F)cc2)cc1. The number of ketones is 1. The summed E-state index contributed by atoms with van der Waals surface area (Å²) in [5.74, 6) is -1.09. The highest BCUT2D eigenvalue weighted by Gasteiger charge is 2.09. The van der Waals surface area contributed by atoms with Gasteiger partial charge in [-0.05, 0) is 42.0 Å². The van der Waals surface area contributed by atoms with Gasteiger partial charge < -0.3 is 14.8 Å². The molecule has 0 atom stereocenters. The van der Waals surface area contributed by atoms with E-state index in [2.05, 4.69) is 5.32 Å². The molecule has 1 N–H and O–H groups in total. The zero-order chi connectivity index (χ0) is 19.6. The van der Waals surface area contributed by atoms with Gasteiger partial charge in [0, 0.05) is 18.5 Å². The Bertz CT molecular complexity index is 787. The first-order valence-corrected chi connectivity index (χ1v) is 8.40. The average Bonchev–Trinajstić information content (AvgIpc) is 2.70. The number of nitrogens with one attached hydrogen (secondary N) is 1. The first kappa shape index (κ1) is 20.1. The monoisotopic (exact) mass is 373 g/mol. The molecule has 1 amide bonds. The number of halogens is 1. The molecule has 0 radical (unpaired) electrons. The second-order valence-corrected chi connectivity index (χ2v) is 5.65. The van der Waals surface area contributed by atoms with Crippen molar-refractivity contribution in [2.75, 3.05) is 13.2 Å². The van der Waals surface area contributed by atoms with E-state index in [0.29, 0.717) is 17.7 Å². The van der Waals surface area contributed by atoms with E-state index in [1.165, 1.54) is 12.1 Å². The molecule has 0 bridgehead atoms. The number of amides is 1. The third-order valence-corrected chi connectivity index (χ3v) is 3.62. The lowest BCUT2D eigenvalue weighted by atomic mass is 10.1. The fraction of sp³-hybridized carbons (Fsp3) is 0.250. The van der Waals surface area contributed by atoms with E-state index in [-0.39, 0.29) is 24.8 Å². The van der Waals surface area contributed by atoms with Crippen molar-refractivity contribution in [2.24, 2.45) is 0 Å². The molecule has 0 heterocycles. The van der Waals surface area contributed by atoms with Gasteiger partial charge in [0.25, 0.3) is 5.91 Å². The quantitative estimate of drug-likeness (QED) is 0.540. The first-order valence-electron chi connectivity index (χ1n) is 8.40. The maximum atomic E-state index is 12.8. The number of carbonyl (C=O) groups excluding carboxylic acids is 3. The van der Waals surface area contributed by atoms with Crippen LogP contribution in [-0.4, -0.2) is 30.9 Å². The Morgan fingerprint density at radius 1 is 0.963 bits per heavy atom. The fourth-order valence-corrected chi connectivity index (χ4v) is 2.13. The summed E-state index contributed by atoms with van der Waals surface area (Å²) in [6, 6.07) is 12.1. The maximum absolute atomic E-state index is 12.8. The van der Waals surface area contributed by atoms with Crippen LogP contribution < -0.4 is 10.1 Å². The average molecular weight is 373 g/mol. The van der Waals surface area contributed by atoms with Gasteiger partial charge in [-0.3, -0.25) is 9.59 Å². The Kier molecular flexibility index (Phi) is 7.49. The molecule has 0 spiro atoms. The van der Waals surface area contributed by atoms with E-state index in [0.717, 1.165) is 5.56 Å². The molecule has 0 fully saturated rings. The van der Waals surface area contributed by atoms with Crippen molar-refractivity contribution >= 4 is 17.7 Å². The number of esters is 1. The topological polar surface area (TPSA) is 81.7 Å². The summed E-state index contributed by atoms with van der Waals surface area (Å²) in [4.78, 5) is 34.8. The molecule has 27 heavy (non-hydrogen) atoms. The summed E-state index contributed by atoms with van der Waals surface area (Å²) in [5, 5.41) is 2.56. The number of hydrogen-bond acceptors (Lipinski definition) is 5. The normalized spacial score (nSPS) is 10.1. The molecule has 142 valence electrons. The van der Waals surface area contributed by atoms with Crippen molar-refractivity contribution < 1.29 is 28.2 Å². The minimum absolute atomic E-state index is 0.0209. The molecule has 7 heteroatoms. The minimum Gasteiger partial charge on any atom is -0.482 e. The molecule has 2 aromatic carbocycles. The van der Waals surface area contributed by atoms with Gasteiger partial charge in [-0.1, -0.05) is 19.1 Å². The van der Waals surface area contributed by atoms with E-state index < -0.39 is 18.5 Å². The lowest BCUT2D eigenvalue weighted by Gasteiger charge is -2.08. The van der Waals surface area contributed by atoms with Crippen LogP contribution in [0, 0.1) is 5.82 Å². The van der Waals surface area contributed by atoms with Crippen molar-refractivity contribution in [1.29, 1.82) is 0 Å². The number of hydrogen-bond donors (Lipinski definition) is 1. The highest BCUT2D eigenvalue weighted by molar-refractivity contribution is 5.95. The van der Waals surface area contributed by atoms with Crippen molar-refractivity contribution in [2.45, 2.75) is 19.9 Å². The summed E-state index contributed by atoms with van der Waals surface area (Å²) >= 11 is 0. The summed E-state index contributed by atoms with van der Waals surface area (Å²) in [5.41, 5.74) is 1.30. The van der Waals surface area contributed by atoms with Gasteiger partial charge in [0.05, 0.1) is 0 Å². The van der Waals surface area contributed by atoms with Crippen molar-refractivity contribution in [3.63, 3.8) is 0 Å². The molecular formula is C20H20FNO5. The Labute approximate surface area is 156 Å². The van der Waals surface area contributed by atoms with Crippen molar-refractivity contribution in [3.8, 4) is 5.75 Å². The molecule has 2 rings (SSSR count). The molecule has 0 aromatic heterocycles. The highest BCUT2D eigenvalue weighted by atomic mass is 19.1. The first-order chi connectivity index (χ1) is 13.0. The van der Waals surface area contributed by atoms with Crippen LogP contribution in [0.25, 0.3) is 0 Å². The Morgan fingerprint density at radius 2 is 1.63 bits per heavy atom. The lowest BCUT2D eigenvalue weighted by molar-refractivity contribution is -0.150. The molecule has 0 aliphatic carbocycles. The van der Waals surface area contributed by atoms with E-state index >= 15 is 0 Å². The summed E-state index contributed by atoms with van der Waals surface area (Å²) in [6.07, 6.45) is 0.412. The largest absolute Gasteiger partial charge is 0.482 e. The molecule has 0 aliphatic rings. The molecule has 6 nitrogen and oxygen atoms in total. The smallest absolute Gasteiger partial charge is 0.344 e. The van der Waals surface area contributed by atoms with Crippen molar-refractivity contribution in [1.82, 2.24) is 5.32 Å². The van der Waals surface area contributed by atoms with Crippen molar-refractivity contribution in [3.05, 3.63) is 65.5 Å². The van der Waals surface area contributed by atoms with E-state index in [4.69, 9.17) is 9.47 Å². The fourth-order valence-electron chi connectivity index (χ4n) is 2.13. The Balaban J connectivity index is 1.67. The van der Waals surface area contributed by atoms with Crippen LogP contribution in [0.2, 0.25) is 0 Å². The molecule has 0 unspecified atom stereocenters.